The summed E-state index contributed by atoms with van der Waals surface area (Å²) in [5.74, 6) is 0. The van der Waals surface area contributed by atoms with Gasteiger partial charge < -0.3 is 0 Å². The Labute approximate surface area is 69.2 Å². The van der Waals surface area contributed by atoms with E-state index in [-0.39, 0.29) is 4.90 Å². The van der Waals surface area contributed by atoms with Gasteiger partial charge in [-0.25, -0.2) is 8.42 Å². The molecule has 11 heavy (non-hydrogen) atoms. The lowest BCUT2D eigenvalue weighted by molar-refractivity contribution is 0.609. The zero-order valence-electron chi connectivity index (χ0n) is 5.86. The van der Waals surface area contributed by atoms with Crippen molar-refractivity contribution in [2.45, 2.75) is 18.4 Å². The molecule has 6 heteroatoms. The Hall–Kier alpha value is -0.550. The summed E-state index contributed by atoms with van der Waals surface area (Å²) in [5, 5.41) is 3.75. The number of aromatic nitrogens is 2. The van der Waals surface area contributed by atoms with Crippen LogP contribution < -0.4 is 0 Å². The van der Waals surface area contributed by atoms with Crippen LogP contribution in [0.15, 0.2) is 17.3 Å². The lowest BCUT2D eigenvalue weighted by Crippen LogP contribution is -1.93. The van der Waals surface area contributed by atoms with Crippen molar-refractivity contribution in [3.63, 3.8) is 0 Å². The highest BCUT2D eigenvalue weighted by Gasteiger charge is 2.11. The molecule has 4 nitrogen and oxygen atoms in total. The molecule has 1 rings (SSSR count). The Balaban J connectivity index is 3.09. The minimum absolute atomic E-state index is 0.0426. The highest BCUT2D eigenvalue weighted by Crippen LogP contribution is 2.12. The van der Waals surface area contributed by atoms with Gasteiger partial charge in [-0.1, -0.05) is 0 Å². The fourth-order valence-corrected chi connectivity index (χ4v) is 1.30. The third-order valence-electron chi connectivity index (χ3n) is 1.22. The summed E-state index contributed by atoms with van der Waals surface area (Å²) in [5.41, 5.74) is 0. The van der Waals surface area contributed by atoms with Gasteiger partial charge in [0.2, 0.25) is 0 Å². The van der Waals surface area contributed by atoms with Crippen LogP contribution in [-0.4, -0.2) is 18.2 Å². The predicted molar refractivity (Wildman–Crippen MR) is 40.9 cm³/mol. The van der Waals surface area contributed by atoms with Gasteiger partial charge in [0.1, 0.15) is 4.90 Å². The van der Waals surface area contributed by atoms with E-state index in [0.717, 1.165) is 0 Å². The number of hydrogen-bond donors (Lipinski definition) is 0. The first-order valence-electron chi connectivity index (χ1n) is 3.01. The lowest BCUT2D eigenvalue weighted by Gasteiger charge is -1.89. The summed E-state index contributed by atoms with van der Waals surface area (Å²) in [6.07, 6.45) is 2.62. The molecule has 1 aromatic heterocycles. The van der Waals surface area contributed by atoms with E-state index in [1.807, 2.05) is 6.92 Å². The number of rotatable bonds is 2. The number of aryl methyl sites for hydroxylation is 1. The summed E-state index contributed by atoms with van der Waals surface area (Å²) in [4.78, 5) is 0.0426. The van der Waals surface area contributed by atoms with Crippen molar-refractivity contribution in [3.05, 3.63) is 12.4 Å². The van der Waals surface area contributed by atoms with Gasteiger partial charge in [0, 0.05) is 23.4 Å². The molecule has 0 unspecified atom stereocenters. The van der Waals surface area contributed by atoms with Crippen molar-refractivity contribution >= 4 is 19.7 Å². The monoisotopic (exact) mass is 194 g/mol. The Morgan fingerprint density at radius 3 is 2.64 bits per heavy atom. The third kappa shape index (κ3) is 1.94. The number of nitrogens with zero attached hydrogens (tertiary/aromatic N) is 2. The van der Waals surface area contributed by atoms with E-state index in [1.54, 1.807) is 0 Å². The molecular weight excluding hydrogens is 188 g/mol. The van der Waals surface area contributed by atoms with E-state index in [0.29, 0.717) is 6.54 Å². The summed E-state index contributed by atoms with van der Waals surface area (Å²) in [7, 11) is 1.44. The topological polar surface area (TPSA) is 52.0 Å². The maximum atomic E-state index is 10.7. The molecule has 0 radical (unpaired) electrons. The van der Waals surface area contributed by atoms with E-state index in [4.69, 9.17) is 10.7 Å². The van der Waals surface area contributed by atoms with Gasteiger partial charge in [0.05, 0.1) is 6.20 Å². The van der Waals surface area contributed by atoms with Crippen LogP contribution in [-0.2, 0) is 15.6 Å². The second-order valence-electron chi connectivity index (χ2n) is 1.97. The van der Waals surface area contributed by atoms with E-state index in [2.05, 4.69) is 5.10 Å². The number of hydrogen-bond acceptors (Lipinski definition) is 3. The molecular formula is C5H7ClN2O2S. The first-order chi connectivity index (χ1) is 5.04. The van der Waals surface area contributed by atoms with Gasteiger partial charge in [-0.15, -0.1) is 0 Å². The fourth-order valence-electron chi connectivity index (χ4n) is 0.643. The molecule has 0 N–H and O–H groups in total. The SMILES string of the molecule is CCn1cc(S(=O)(=O)Cl)cn1. The van der Waals surface area contributed by atoms with Gasteiger partial charge in [-0.3, -0.25) is 4.68 Å². The highest BCUT2D eigenvalue weighted by molar-refractivity contribution is 8.13. The van der Waals surface area contributed by atoms with Crippen LogP contribution in [0.2, 0.25) is 0 Å². The van der Waals surface area contributed by atoms with Gasteiger partial charge in [-0.05, 0) is 6.92 Å². The van der Waals surface area contributed by atoms with Crippen LogP contribution in [0.4, 0.5) is 0 Å². The van der Waals surface area contributed by atoms with Crippen LogP contribution in [0.25, 0.3) is 0 Å². The average molecular weight is 195 g/mol. The van der Waals surface area contributed by atoms with E-state index in [9.17, 15) is 8.42 Å². The molecule has 0 aliphatic heterocycles. The minimum Gasteiger partial charge on any atom is -0.272 e. The quantitative estimate of drug-likeness (QED) is 0.656. The molecule has 0 aliphatic carbocycles. The van der Waals surface area contributed by atoms with Crippen LogP contribution in [0.1, 0.15) is 6.92 Å². The van der Waals surface area contributed by atoms with Gasteiger partial charge in [0.25, 0.3) is 9.05 Å². The van der Waals surface area contributed by atoms with Crippen molar-refractivity contribution in [3.8, 4) is 0 Å². The van der Waals surface area contributed by atoms with Crippen molar-refractivity contribution in [2.75, 3.05) is 0 Å². The first kappa shape index (κ1) is 8.55. The summed E-state index contributed by atoms with van der Waals surface area (Å²) in [6.45, 7) is 2.49. The van der Waals surface area contributed by atoms with E-state index in [1.165, 1.54) is 17.1 Å². The molecule has 0 amide bonds. The van der Waals surface area contributed by atoms with E-state index < -0.39 is 9.05 Å². The molecule has 0 spiro atoms. The molecule has 0 atom stereocenters. The maximum absolute atomic E-state index is 10.7. The summed E-state index contributed by atoms with van der Waals surface area (Å²) < 4.78 is 22.8. The summed E-state index contributed by atoms with van der Waals surface area (Å²) >= 11 is 0. The molecule has 0 saturated heterocycles. The standard InChI is InChI=1S/C5H7ClN2O2S/c1-2-8-4-5(3-7-8)11(6,9)10/h3-4H,2H2,1H3. The Bertz CT molecular complexity index is 343. The molecule has 62 valence electrons. The minimum atomic E-state index is -3.60. The molecule has 0 aromatic carbocycles. The van der Waals surface area contributed by atoms with Crippen molar-refractivity contribution in [1.82, 2.24) is 9.78 Å². The largest absolute Gasteiger partial charge is 0.272 e. The van der Waals surface area contributed by atoms with Crippen LogP contribution in [0.3, 0.4) is 0 Å². The van der Waals surface area contributed by atoms with Crippen molar-refractivity contribution in [2.24, 2.45) is 0 Å². The zero-order valence-corrected chi connectivity index (χ0v) is 7.43. The smallest absolute Gasteiger partial charge is 0.264 e. The van der Waals surface area contributed by atoms with Crippen LogP contribution in [0, 0.1) is 0 Å². The second-order valence-corrected chi connectivity index (χ2v) is 4.54. The zero-order chi connectivity index (χ0) is 8.48. The van der Waals surface area contributed by atoms with E-state index >= 15 is 0 Å². The molecule has 1 aromatic rings. The Morgan fingerprint density at radius 1 is 1.73 bits per heavy atom. The van der Waals surface area contributed by atoms with Crippen LogP contribution >= 0.6 is 10.7 Å². The lowest BCUT2D eigenvalue weighted by atomic mass is 10.7. The van der Waals surface area contributed by atoms with Gasteiger partial charge in [-0.2, -0.15) is 5.10 Å². The van der Waals surface area contributed by atoms with Crippen molar-refractivity contribution in [1.29, 1.82) is 0 Å². The molecule has 0 fully saturated rings. The molecule has 0 bridgehead atoms. The Kier molecular flexibility index (Phi) is 2.20. The first-order valence-corrected chi connectivity index (χ1v) is 5.32. The maximum Gasteiger partial charge on any atom is 0.264 e. The second kappa shape index (κ2) is 2.83. The summed E-state index contributed by atoms with van der Waals surface area (Å²) in [6, 6.07) is 0. The van der Waals surface area contributed by atoms with Crippen molar-refractivity contribution < 1.29 is 8.42 Å². The van der Waals surface area contributed by atoms with Gasteiger partial charge in [0.15, 0.2) is 0 Å². The molecule has 0 saturated carbocycles. The normalized spacial score (nSPS) is 11.8. The third-order valence-corrected chi connectivity index (χ3v) is 2.52. The fraction of sp³-hybridized carbons (Fsp3) is 0.400. The molecule has 1 heterocycles. The van der Waals surface area contributed by atoms with Crippen LogP contribution in [0.5, 0.6) is 0 Å². The van der Waals surface area contributed by atoms with Gasteiger partial charge >= 0.3 is 0 Å². The highest BCUT2D eigenvalue weighted by atomic mass is 35.7. The Morgan fingerprint density at radius 2 is 2.36 bits per heavy atom. The average Bonchev–Trinajstić information content (AvgIpc) is 2.32. The number of halogens is 1. The molecule has 0 aliphatic rings. The predicted octanol–water partition coefficient (Wildman–Crippen LogP) is 0.831.